The molecule has 0 spiro atoms. The van der Waals surface area contributed by atoms with Crippen LogP contribution in [0.25, 0.3) is 21.0 Å². The van der Waals surface area contributed by atoms with Crippen LogP contribution in [0.5, 0.6) is 5.75 Å². The lowest BCUT2D eigenvalue weighted by Crippen LogP contribution is -2.24. The fourth-order valence-electron chi connectivity index (χ4n) is 2.02. The Morgan fingerprint density at radius 3 is 2.50 bits per heavy atom. The Balaban J connectivity index is 2.04. The Kier molecular flexibility index (Phi) is 3.39. The maximum Gasteiger partial charge on any atom is 0.280 e. The fraction of sp³-hybridized carbons (Fsp3) is 0.0625. The summed E-state index contributed by atoms with van der Waals surface area (Å²) in [6.07, 6.45) is 1.61. The molecule has 1 aromatic heterocycles. The van der Waals surface area contributed by atoms with Crippen molar-refractivity contribution in [1.82, 2.24) is 0 Å². The molecular formula is C16H13NO2S. The minimum absolute atomic E-state index is 0.698. The molecule has 3 aromatic rings. The summed E-state index contributed by atoms with van der Waals surface area (Å²) >= 11 is 1.48. The summed E-state index contributed by atoms with van der Waals surface area (Å²) in [7, 11) is 1.64. The van der Waals surface area contributed by atoms with E-state index < -0.39 is 0 Å². The zero-order valence-corrected chi connectivity index (χ0v) is 11.8. The standard InChI is InChI=1S/C16H13NO2S/c1-19-14-9-5-8-13(10-14)15-11-17(18)16(20-15)12-6-3-2-4-7-12/h2-11H,1H3. The molecule has 0 aliphatic heterocycles. The largest absolute Gasteiger partial charge is 0.618 e. The predicted molar refractivity (Wildman–Crippen MR) is 80.7 cm³/mol. The Morgan fingerprint density at radius 2 is 1.75 bits per heavy atom. The normalized spacial score (nSPS) is 10.4. The van der Waals surface area contributed by atoms with Gasteiger partial charge in [-0.2, -0.15) is 4.73 Å². The van der Waals surface area contributed by atoms with Gasteiger partial charge in [-0.05, 0) is 24.3 Å². The minimum Gasteiger partial charge on any atom is -0.618 e. The number of hydrogen-bond acceptors (Lipinski definition) is 3. The van der Waals surface area contributed by atoms with Crippen LogP contribution in [0.4, 0.5) is 0 Å². The van der Waals surface area contributed by atoms with Gasteiger partial charge in [-0.25, -0.2) is 0 Å². The fourth-order valence-corrected chi connectivity index (χ4v) is 3.02. The first-order valence-electron chi connectivity index (χ1n) is 6.21. The summed E-state index contributed by atoms with van der Waals surface area (Å²) < 4.78 is 6.14. The van der Waals surface area contributed by atoms with E-state index in [1.165, 1.54) is 11.3 Å². The van der Waals surface area contributed by atoms with Crippen molar-refractivity contribution >= 4 is 11.3 Å². The van der Waals surface area contributed by atoms with Crippen LogP contribution >= 0.6 is 11.3 Å². The smallest absolute Gasteiger partial charge is 0.280 e. The molecule has 3 rings (SSSR count). The molecule has 2 aromatic carbocycles. The molecule has 0 unspecified atom stereocenters. The van der Waals surface area contributed by atoms with Gasteiger partial charge in [0.15, 0.2) is 6.20 Å². The van der Waals surface area contributed by atoms with Gasteiger partial charge < -0.3 is 9.94 Å². The van der Waals surface area contributed by atoms with E-state index in [0.29, 0.717) is 5.01 Å². The van der Waals surface area contributed by atoms with E-state index in [9.17, 15) is 5.21 Å². The third-order valence-electron chi connectivity index (χ3n) is 3.02. The third kappa shape index (κ3) is 2.38. The summed E-state index contributed by atoms with van der Waals surface area (Å²) in [5.41, 5.74) is 1.92. The number of methoxy groups -OCH3 is 1. The lowest BCUT2D eigenvalue weighted by atomic mass is 10.2. The van der Waals surface area contributed by atoms with E-state index in [4.69, 9.17) is 4.74 Å². The number of hydrogen-bond donors (Lipinski definition) is 0. The number of benzene rings is 2. The molecule has 0 atom stereocenters. The van der Waals surface area contributed by atoms with Crippen molar-refractivity contribution in [1.29, 1.82) is 0 Å². The van der Waals surface area contributed by atoms with Gasteiger partial charge in [0.25, 0.3) is 5.01 Å². The topological polar surface area (TPSA) is 36.2 Å². The molecule has 3 nitrogen and oxygen atoms in total. The molecule has 0 saturated heterocycles. The first-order chi connectivity index (χ1) is 9.78. The van der Waals surface area contributed by atoms with Crippen molar-refractivity contribution in [3.05, 3.63) is 66.0 Å². The number of aromatic nitrogens is 1. The number of thiazole rings is 1. The average Bonchev–Trinajstić information content (AvgIpc) is 2.90. The van der Waals surface area contributed by atoms with Crippen LogP contribution in [0.2, 0.25) is 0 Å². The summed E-state index contributed by atoms with van der Waals surface area (Å²) in [5.74, 6) is 0.787. The molecule has 0 fully saturated rings. The monoisotopic (exact) mass is 283 g/mol. The van der Waals surface area contributed by atoms with E-state index in [-0.39, 0.29) is 0 Å². The van der Waals surface area contributed by atoms with Gasteiger partial charge in [0, 0.05) is 5.56 Å². The molecule has 0 N–H and O–H groups in total. The molecule has 0 radical (unpaired) electrons. The van der Waals surface area contributed by atoms with E-state index in [0.717, 1.165) is 26.5 Å². The van der Waals surface area contributed by atoms with Crippen molar-refractivity contribution < 1.29 is 9.47 Å². The zero-order chi connectivity index (χ0) is 13.9. The van der Waals surface area contributed by atoms with Crippen molar-refractivity contribution in [2.45, 2.75) is 0 Å². The molecule has 100 valence electrons. The quantitative estimate of drug-likeness (QED) is 0.542. The molecule has 0 saturated carbocycles. The van der Waals surface area contributed by atoms with E-state index >= 15 is 0 Å². The Hall–Kier alpha value is -2.33. The van der Waals surface area contributed by atoms with Crippen LogP contribution in [-0.4, -0.2) is 7.11 Å². The van der Waals surface area contributed by atoms with E-state index in [1.807, 2.05) is 54.6 Å². The summed E-state index contributed by atoms with van der Waals surface area (Å²) in [4.78, 5) is 0.928. The van der Waals surface area contributed by atoms with Gasteiger partial charge in [0.1, 0.15) is 10.6 Å². The molecule has 20 heavy (non-hydrogen) atoms. The van der Waals surface area contributed by atoms with Crippen molar-refractivity contribution in [2.24, 2.45) is 0 Å². The van der Waals surface area contributed by atoms with Gasteiger partial charge in [0.05, 0.1) is 12.7 Å². The molecular weight excluding hydrogens is 270 g/mol. The summed E-state index contributed by atoms with van der Waals surface area (Å²) in [6, 6.07) is 17.4. The third-order valence-corrected chi connectivity index (χ3v) is 4.19. The van der Waals surface area contributed by atoms with Crippen LogP contribution in [0.15, 0.2) is 60.8 Å². The second-order valence-electron chi connectivity index (χ2n) is 4.32. The maximum absolute atomic E-state index is 12.1. The van der Waals surface area contributed by atoms with E-state index in [2.05, 4.69) is 0 Å². The lowest BCUT2D eigenvalue weighted by Gasteiger charge is -2.00. The summed E-state index contributed by atoms with van der Waals surface area (Å²) in [5, 5.41) is 12.8. The summed E-state index contributed by atoms with van der Waals surface area (Å²) in [6.45, 7) is 0. The molecule has 1 heterocycles. The van der Waals surface area contributed by atoms with Crippen molar-refractivity contribution in [2.75, 3.05) is 7.11 Å². The van der Waals surface area contributed by atoms with E-state index in [1.54, 1.807) is 13.3 Å². The average molecular weight is 283 g/mol. The highest BCUT2D eigenvalue weighted by molar-refractivity contribution is 7.17. The number of nitrogens with zero attached hydrogens (tertiary/aromatic N) is 1. The van der Waals surface area contributed by atoms with Crippen LogP contribution < -0.4 is 9.47 Å². The predicted octanol–water partition coefficient (Wildman–Crippen LogP) is 3.72. The maximum atomic E-state index is 12.1. The molecule has 4 heteroatoms. The first kappa shape index (κ1) is 12.7. The minimum atomic E-state index is 0.698. The van der Waals surface area contributed by atoms with Crippen LogP contribution in [0, 0.1) is 5.21 Å². The van der Waals surface area contributed by atoms with Crippen LogP contribution in [0.3, 0.4) is 0 Å². The Bertz CT molecular complexity index is 722. The van der Waals surface area contributed by atoms with Crippen LogP contribution in [-0.2, 0) is 0 Å². The van der Waals surface area contributed by atoms with Gasteiger partial charge in [-0.3, -0.25) is 0 Å². The van der Waals surface area contributed by atoms with Crippen molar-refractivity contribution in [3.8, 4) is 26.8 Å². The highest BCUT2D eigenvalue weighted by Crippen LogP contribution is 2.32. The van der Waals surface area contributed by atoms with Gasteiger partial charge >= 0.3 is 0 Å². The Morgan fingerprint density at radius 1 is 1.00 bits per heavy atom. The SMILES string of the molecule is COc1cccc(-c2c[n+]([O-])c(-c3ccccc3)s2)c1. The van der Waals surface area contributed by atoms with Gasteiger partial charge in [0.2, 0.25) is 0 Å². The highest BCUT2D eigenvalue weighted by atomic mass is 32.1. The van der Waals surface area contributed by atoms with Crippen molar-refractivity contribution in [3.63, 3.8) is 0 Å². The molecule has 0 bridgehead atoms. The number of rotatable bonds is 3. The van der Waals surface area contributed by atoms with Gasteiger partial charge in [-0.15, -0.1) is 0 Å². The first-order valence-corrected chi connectivity index (χ1v) is 7.02. The Labute approximate surface area is 121 Å². The molecule has 0 aliphatic carbocycles. The second-order valence-corrected chi connectivity index (χ2v) is 5.35. The molecule has 0 aliphatic rings. The molecule has 0 amide bonds. The highest BCUT2D eigenvalue weighted by Gasteiger charge is 2.16. The zero-order valence-electron chi connectivity index (χ0n) is 10.9. The van der Waals surface area contributed by atoms with Crippen LogP contribution in [0.1, 0.15) is 0 Å². The second kappa shape index (κ2) is 5.35. The van der Waals surface area contributed by atoms with Gasteiger partial charge in [-0.1, -0.05) is 41.7 Å². The lowest BCUT2D eigenvalue weighted by molar-refractivity contribution is -0.588. The number of ether oxygens (including phenoxy) is 1.